The van der Waals surface area contributed by atoms with Gasteiger partial charge in [0.1, 0.15) is 0 Å². The molecule has 0 heterocycles. The van der Waals surface area contributed by atoms with Gasteiger partial charge in [-0.25, -0.2) is 0 Å². The van der Waals surface area contributed by atoms with Gasteiger partial charge in [-0.1, -0.05) is 6.42 Å². The second kappa shape index (κ2) is 5.04. The molecule has 0 atom stereocenters. The Morgan fingerprint density at radius 2 is 2.00 bits per heavy atom. The Morgan fingerprint density at radius 1 is 1.41 bits per heavy atom. The normalized spacial score (nSPS) is 18.3. The smallest absolute Gasteiger partial charge is 0.305 e. The first-order valence-corrected chi connectivity index (χ1v) is 6.01. The Kier molecular flexibility index (Phi) is 4.14. The van der Waals surface area contributed by atoms with E-state index >= 15 is 0 Å². The third-order valence-electron chi connectivity index (χ3n) is 3.45. The topological polar surface area (TPSA) is 92.4 Å². The van der Waals surface area contributed by atoms with E-state index in [0.717, 1.165) is 19.3 Å². The number of amides is 1. The number of carbonyl (C=O) groups is 2. The number of nitrogens with one attached hydrogen (secondary N) is 1. The van der Waals surface area contributed by atoms with Crippen molar-refractivity contribution >= 4 is 11.9 Å². The molecule has 0 spiro atoms. The highest BCUT2D eigenvalue weighted by molar-refractivity contribution is 5.79. The maximum atomic E-state index is 11.8. The molecule has 5 nitrogen and oxygen atoms in total. The zero-order valence-electron chi connectivity index (χ0n) is 10.6. The third kappa shape index (κ3) is 4.00. The van der Waals surface area contributed by atoms with Crippen molar-refractivity contribution in [3.63, 3.8) is 0 Å². The second-order valence-corrected chi connectivity index (χ2v) is 5.74. The Morgan fingerprint density at radius 3 is 2.35 bits per heavy atom. The van der Waals surface area contributed by atoms with Gasteiger partial charge in [-0.2, -0.15) is 0 Å². The summed E-state index contributed by atoms with van der Waals surface area (Å²) < 4.78 is 0. The predicted molar refractivity (Wildman–Crippen MR) is 64.4 cm³/mol. The summed E-state index contributed by atoms with van der Waals surface area (Å²) in [5, 5.41) is 11.5. The molecule has 1 saturated carbocycles. The molecule has 98 valence electrons. The quantitative estimate of drug-likeness (QED) is 0.644. The number of hydrogen-bond acceptors (Lipinski definition) is 3. The molecule has 0 radical (unpaired) electrons. The molecule has 0 saturated heterocycles. The van der Waals surface area contributed by atoms with Crippen LogP contribution in [0.2, 0.25) is 0 Å². The van der Waals surface area contributed by atoms with Gasteiger partial charge in [-0.15, -0.1) is 0 Å². The first kappa shape index (κ1) is 14.0. The van der Waals surface area contributed by atoms with E-state index in [1.54, 1.807) is 13.8 Å². The molecule has 0 bridgehead atoms. The standard InChI is InChI=1S/C12H22N2O3/c1-11(2,7-10(16)17)14-9(15)6-12(8-13)4-3-5-12/h3-8,13H2,1-2H3,(H,14,15)(H,16,17). The van der Waals surface area contributed by atoms with E-state index in [0.29, 0.717) is 13.0 Å². The number of carboxylic acid groups (broad SMARTS) is 1. The number of nitrogens with two attached hydrogens (primary N) is 1. The summed E-state index contributed by atoms with van der Waals surface area (Å²) in [4.78, 5) is 22.5. The Hall–Kier alpha value is -1.10. The fourth-order valence-corrected chi connectivity index (χ4v) is 2.31. The summed E-state index contributed by atoms with van der Waals surface area (Å²) >= 11 is 0. The van der Waals surface area contributed by atoms with Gasteiger partial charge >= 0.3 is 5.97 Å². The van der Waals surface area contributed by atoms with Crippen molar-refractivity contribution in [2.24, 2.45) is 11.1 Å². The first-order chi connectivity index (χ1) is 7.79. The fourth-order valence-electron chi connectivity index (χ4n) is 2.31. The molecule has 5 heteroatoms. The van der Waals surface area contributed by atoms with Gasteiger partial charge in [0.15, 0.2) is 0 Å². The average Bonchev–Trinajstić information content (AvgIpc) is 2.07. The molecule has 17 heavy (non-hydrogen) atoms. The minimum absolute atomic E-state index is 0.0383. The number of rotatable bonds is 6. The van der Waals surface area contributed by atoms with Gasteiger partial charge in [-0.3, -0.25) is 9.59 Å². The Balaban J connectivity index is 2.46. The zero-order chi connectivity index (χ0) is 13.1. The fraction of sp³-hybridized carbons (Fsp3) is 0.833. The maximum absolute atomic E-state index is 11.8. The van der Waals surface area contributed by atoms with Crippen molar-refractivity contribution in [2.45, 2.75) is 51.5 Å². The van der Waals surface area contributed by atoms with Crippen molar-refractivity contribution in [2.75, 3.05) is 6.54 Å². The molecule has 0 unspecified atom stereocenters. The molecule has 1 rings (SSSR count). The SMILES string of the molecule is CC(C)(CC(=O)O)NC(=O)CC1(CN)CCC1. The van der Waals surface area contributed by atoms with Gasteiger partial charge in [0.25, 0.3) is 0 Å². The van der Waals surface area contributed by atoms with Gasteiger partial charge in [-0.05, 0) is 38.6 Å². The Labute approximate surface area is 102 Å². The molecule has 1 aliphatic carbocycles. The number of carbonyl (C=O) groups excluding carboxylic acids is 1. The molecule has 1 amide bonds. The summed E-state index contributed by atoms with van der Waals surface area (Å²) in [5.74, 6) is -1.01. The number of carboxylic acids is 1. The van der Waals surface area contributed by atoms with Crippen LogP contribution in [0.4, 0.5) is 0 Å². The molecule has 4 N–H and O–H groups in total. The minimum atomic E-state index is -0.910. The molecular weight excluding hydrogens is 220 g/mol. The molecule has 0 aliphatic heterocycles. The monoisotopic (exact) mass is 242 g/mol. The Bertz CT molecular complexity index is 303. The molecule has 1 fully saturated rings. The first-order valence-electron chi connectivity index (χ1n) is 6.01. The third-order valence-corrected chi connectivity index (χ3v) is 3.45. The molecular formula is C12H22N2O3. The highest BCUT2D eigenvalue weighted by Gasteiger charge is 2.38. The van der Waals surface area contributed by atoms with Crippen LogP contribution in [0.1, 0.15) is 46.0 Å². The van der Waals surface area contributed by atoms with Gasteiger partial charge < -0.3 is 16.2 Å². The van der Waals surface area contributed by atoms with E-state index < -0.39 is 11.5 Å². The van der Waals surface area contributed by atoms with Gasteiger partial charge in [0.2, 0.25) is 5.91 Å². The average molecular weight is 242 g/mol. The lowest BCUT2D eigenvalue weighted by atomic mass is 9.66. The highest BCUT2D eigenvalue weighted by Crippen LogP contribution is 2.42. The van der Waals surface area contributed by atoms with Crippen LogP contribution < -0.4 is 11.1 Å². The van der Waals surface area contributed by atoms with Crippen LogP contribution in [0, 0.1) is 5.41 Å². The van der Waals surface area contributed by atoms with Crippen LogP contribution in [0.5, 0.6) is 0 Å². The summed E-state index contributed by atoms with van der Waals surface area (Å²) in [6.07, 6.45) is 3.45. The lowest BCUT2D eigenvalue weighted by molar-refractivity contribution is -0.138. The van der Waals surface area contributed by atoms with Crippen LogP contribution in [0.15, 0.2) is 0 Å². The minimum Gasteiger partial charge on any atom is -0.481 e. The van der Waals surface area contributed by atoms with Gasteiger partial charge in [0.05, 0.1) is 6.42 Å². The van der Waals surface area contributed by atoms with Crippen molar-refractivity contribution in [3.8, 4) is 0 Å². The lowest BCUT2D eigenvalue weighted by Gasteiger charge is -2.41. The predicted octanol–water partition coefficient (Wildman–Crippen LogP) is 0.875. The summed E-state index contributed by atoms with van der Waals surface area (Å²) in [7, 11) is 0. The zero-order valence-corrected chi connectivity index (χ0v) is 10.6. The maximum Gasteiger partial charge on any atom is 0.305 e. The summed E-state index contributed by atoms with van der Waals surface area (Å²) in [5.41, 5.74) is 4.94. The van der Waals surface area contributed by atoms with Crippen LogP contribution in [-0.4, -0.2) is 29.1 Å². The van der Waals surface area contributed by atoms with E-state index in [2.05, 4.69) is 5.32 Å². The molecule has 0 aromatic carbocycles. The lowest BCUT2D eigenvalue weighted by Crippen LogP contribution is -2.48. The van der Waals surface area contributed by atoms with Crippen molar-refractivity contribution in [1.29, 1.82) is 0 Å². The van der Waals surface area contributed by atoms with Crippen LogP contribution >= 0.6 is 0 Å². The summed E-state index contributed by atoms with van der Waals surface area (Å²) in [6, 6.07) is 0. The molecule has 0 aromatic rings. The second-order valence-electron chi connectivity index (χ2n) is 5.74. The van der Waals surface area contributed by atoms with E-state index in [1.807, 2.05) is 0 Å². The number of aliphatic carboxylic acids is 1. The van der Waals surface area contributed by atoms with Crippen molar-refractivity contribution < 1.29 is 14.7 Å². The van der Waals surface area contributed by atoms with Crippen molar-refractivity contribution in [3.05, 3.63) is 0 Å². The number of hydrogen-bond donors (Lipinski definition) is 3. The van der Waals surface area contributed by atoms with E-state index in [1.165, 1.54) is 0 Å². The highest BCUT2D eigenvalue weighted by atomic mass is 16.4. The van der Waals surface area contributed by atoms with Crippen LogP contribution in [0.25, 0.3) is 0 Å². The molecule has 0 aromatic heterocycles. The van der Waals surface area contributed by atoms with Crippen LogP contribution in [0.3, 0.4) is 0 Å². The molecule has 1 aliphatic rings. The van der Waals surface area contributed by atoms with E-state index in [9.17, 15) is 9.59 Å². The largest absolute Gasteiger partial charge is 0.481 e. The summed E-state index contributed by atoms with van der Waals surface area (Å²) in [6.45, 7) is 3.96. The van der Waals surface area contributed by atoms with Crippen molar-refractivity contribution in [1.82, 2.24) is 5.32 Å². The van der Waals surface area contributed by atoms with Gasteiger partial charge in [0, 0.05) is 12.0 Å². The van der Waals surface area contributed by atoms with E-state index in [-0.39, 0.29) is 17.7 Å². The van der Waals surface area contributed by atoms with Crippen LogP contribution in [-0.2, 0) is 9.59 Å². The van der Waals surface area contributed by atoms with E-state index in [4.69, 9.17) is 10.8 Å².